The molecule has 130 valence electrons. The summed E-state index contributed by atoms with van der Waals surface area (Å²) in [5.74, 6) is 0.687. The minimum Gasteiger partial charge on any atom is -0.333 e. The van der Waals surface area contributed by atoms with Gasteiger partial charge in [-0.3, -0.25) is 4.79 Å². The second-order valence-corrected chi connectivity index (χ2v) is 7.44. The van der Waals surface area contributed by atoms with E-state index in [0.717, 1.165) is 19.3 Å². The molecule has 24 heavy (non-hydrogen) atoms. The number of benzene rings is 1. The second-order valence-electron chi connectivity index (χ2n) is 7.44. The molecule has 0 heterocycles. The Hall–Kier alpha value is -1.86. The third kappa shape index (κ3) is 4.58. The van der Waals surface area contributed by atoms with Crippen LogP contribution in [0.3, 0.4) is 0 Å². The van der Waals surface area contributed by atoms with Gasteiger partial charge in [-0.15, -0.1) is 0 Å². The van der Waals surface area contributed by atoms with Crippen molar-refractivity contribution in [2.24, 2.45) is 11.8 Å². The van der Waals surface area contributed by atoms with Gasteiger partial charge in [0.1, 0.15) is 11.6 Å². The molecule has 0 bridgehead atoms. The van der Waals surface area contributed by atoms with Crippen molar-refractivity contribution in [3.63, 3.8) is 0 Å². The zero-order valence-corrected chi connectivity index (χ0v) is 15.3. The highest BCUT2D eigenvalue weighted by atomic mass is 16.2. The first kappa shape index (κ1) is 18.5. The average Bonchev–Trinajstić information content (AvgIpc) is 3.40. The van der Waals surface area contributed by atoms with Gasteiger partial charge in [0.05, 0.1) is 6.07 Å². The molecule has 4 nitrogen and oxygen atoms in total. The van der Waals surface area contributed by atoms with Crippen LogP contribution < -0.4 is 10.6 Å². The highest BCUT2D eigenvalue weighted by molar-refractivity contribution is 5.78. The summed E-state index contributed by atoms with van der Waals surface area (Å²) in [7, 11) is 0. The maximum Gasteiger partial charge on any atom is 0.276 e. The van der Waals surface area contributed by atoms with E-state index in [4.69, 9.17) is 0 Å². The van der Waals surface area contributed by atoms with E-state index in [2.05, 4.69) is 61.7 Å². The van der Waals surface area contributed by atoms with Crippen molar-refractivity contribution >= 4 is 5.91 Å². The molecule has 2 atom stereocenters. The zero-order valence-electron chi connectivity index (χ0n) is 15.3. The molecular formula is C20H30N3O+. The summed E-state index contributed by atoms with van der Waals surface area (Å²) in [6, 6.07) is 11.2. The first-order valence-electron chi connectivity index (χ1n) is 9.04. The zero-order chi connectivity index (χ0) is 17.7. The van der Waals surface area contributed by atoms with Crippen LogP contribution in [-0.4, -0.2) is 18.0 Å². The molecule has 0 aliphatic heterocycles. The molecule has 1 aromatic carbocycles. The normalized spacial score (nSPS) is 17.8. The minimum atomic E-state index is -0.707. The number of hydrogen-bond donors (Lipinski definition) is 2. The fourth-order valence-corrected chi connectivity index (χ4v) is 3.23. The van der Waals surface area contributed by atoms with E-state index in [1.165, 1.54) is 11.1 Å². The fourth-order valence-electron chi connectivity index (χ4n) is 3.23. The van der Waals surface area contributed by atoms with Gasteiger partial charge in [0, 0.05) is 11.5 Å². The lowest BCUT2D eigenvalue weighted by Crippen LogP contribution is -2.88. The number of rotatable bonds is 8. The van der Waals surface area contributed by atoms with Crippen molar-refractivity contribution < 1.29 is 10.1 Å². The van der Waals surface area contributed by atoms with Gasteiger partial charge in [-0.25, -0.2) is 0 Å². The predicted octanol–water partition coefficient (Wildman–Crippen LogP) is 2.32. The van der Waals surface area contributed by atoms with E-state index in [1.807, 2.05) is 6.92 Å². The minimum absolute atomic E-state index is 0.0539. The molecule has 0 aromatic heterocycles. The van der Waals surface area contributed by atoms with Crippen LogP contribution in [0, 0.1) is 23.2 Å². The van der Waals surface area contributed by atoms with Crippen molar-refractivity contribution in [1.82, 2.24) is 5.32 Å². The van der Waals surface area contributed by atoms with Crippen LogP contribution in [0.5, 0.6) is 0 Å². The van der Waals surface area contributed by atoms with Gasteiger partial charge in [0.2, 0.25) is 0 Å². The van der Waals surface area contributed by atoms with E-state index in [-0.39, 0.29) is 11.9 Å². The van der Waals surface area contributed by atoms with Crippen LogP contribution in [0.2, 0.25) is 0 Å². The number of nitrogens with zero attached hydrogens (tertiary/aromatic N) is 1. The van der Waals surface area contributed by atoms with E-state index in [0.29, 0.717) is 18.4 Å². The number of nitriles is 1. The average molecular weight is 328 g/mol. The molecule has 1 aliphatic rings. The summed E-state index contributed by atoms with van der Waals surface area (Å²) in [6.45, 7) is 8.69. The number of quaternary nitrogens is 1. The molecule has 3 N–H and O–H groups in total. The smallest absolute Gasteiger partial charge is 0.276 e. The molecule has 0 unspecified atom stereocenters. The number of carbonyl (C=O) groups excluding carboxylic acids is 1. The molecule has 4 heteroatoms. The Labute approximate surface area is 145 Å². The lowest BCUT2D eigenvalue weighted by molar-refractivity contribution is -0.692. The molecule has 2 rings (SSSR count). The Balaban J connectivity index is 1.95. The first-order chi connectivity index (χ1) is 11.4. The van der Waals surface area contributed by atoms with Gasteiger partial charge >= 0.3 is 0 Å². The van der Waals surface area contributed by atoms with Crippen molar-refractivity contribution in [3.8, 4) is 6.07 Å². The van der Waals surface area contributed by atoms with Gasteiger partial charge < -0.3 is 10.6 Å². The van der Waals surface area contributed by atoms with Gasteiger partial charge in [-0.1, -0.05) is 45.0 Å². The molecule has 1 amide bonds. The van der Waals surface area contributed by atoms with E-state index in [9.17, 15) is 10.1 Å². The number of amides is 1. The summed E-state index contributed by atoms with van der Waals surface area (Å²) in [4.78, 5) is 12.3. The van der Waals surface area contributed by atoms with Gasteiger partial charge in [-0.05, 0) is 37.7 Å². The topological polar surface area (TPSA) is 69.5 Å². The van der Waals surface area contributed by atoms with Gasteiger partial charge in [0.25, 0.3) is 5.91 Å². The molecule has 1 saturated carbocycles. The van der Waals surface area contributed by atoms with E-state index < -0.39 is 5.54 Å². The Morgan fingerprint density at radius 1 is 1.38 bits per heavy atom. The third-order valence-corrected chi connectivity index (χ3v) is 5.07. The molecule has 0 spiro atoms. The Morgan fingerprint density at radius 3 is 2.46 bits per heavy atom. The highest BCUT2D eigenvalue weighted by Gasteiger charge is 2.43. The standard InChI is InChI=1S/C20H29N3O/c1-5-15-6-8-16(9-7-15)19(14(2)3)22-12-18(24)23-20(4,13-21)17-10-11-17/h6-9,14,17,19,22H,5,10-12H2,1-4H3,(H,23,24)/p+1/t19-,20-/m1/s1. The summed E-state index contributed by atoms with van der Waals surface area (Å²) < 4.78 is 0. The van der Waals surface area contributed by atoms with Crippen LogP contribution >= 0.6 is 0 Å². The molecule has 1 fully saturated rings. The molecular weight excluding hydrogens is 298 g/mol. The van der Waals surface area contributed by atoms with Crippen LogP contribution in [-0.2, 0) is 11.2 Å². The largest absolute Gasteiger partial charge is 0.333 e. The highest BCUT2D eigenvalue weighted by Crippen LogP contribution is 2.39. The van der Waals surface area contributed by atoms with Crippen molar-refractivity contribution in [2.45, 2.75) is 58.5 Å². The molecule has 0 saturated heterocycles. The van der Waals surface area contributed by atoms with Crippen molar-refractivity contribution in [3.05, 3.63) is 35.4 Å². The van der Waals surface area contributed by atoms with Gasteiger partial charge in [-0.2, -0.15) is 5.26 Å². The number of nitrogens with two attached hydrogens (primary N) is 1. The summed E-state index contributed by atoms with van der Waals surface area (Å²) in [5.41, 5.74) is 1.87. The molecule has 0 radical (unpaired) electrons. The monoisotopic (exact) mass is 328 g/mol. The summed E-state index contributed by atoms with van der Waals surface area (Å²) in [6.07, 6.45) is 3.10. The van der Waals surface area contributed by atoms with Crippen LogP contribution in [0.4, 0.5) is 0 Å². The lowest BCUT2D eigenvalue weighted by Gasteiger charge is -2.24. The number of hydrogen-bond acceptors (Lipinski definition) is 2. The van der Waals surface area contributed by atoms with Crippen LogP contribution in [0.25, 0.3) is 0 Å². The maximum absolute atomic E-state index is 12.3. The molecule has 1 aliphatic carbocycles. The summed E-state index contributed by atoms with van der Waals surface area (Å²) in [5, 5.41) is 14.4. The van der Waals surface area contributed by atoms with Gasteiger partial charge in [0.15, 0.2) is 6.54 Å². The third-order valence-electron chi connectivity index (χ3n) is 5.07. The SMILES string of the molecule is CCc1ccc([C@H]([NH2+]CC(=O)N[C@](C)(C#N)C2CC2)C(C)C)cc1. The second kappa shape index (κ2) is 7.81. The summed E-state index contributed by atoms with van der Waals surface area (Å²) >= 11 is 0. The van der Waals surface area contributed by atoms with Crippen LogP contribution in [0.1, 0.15) is 57.7 Å². The number of nitrogens with one attached hydrogen (secondary N) is 1. The van der Waals surface area contributed by atoms with E-state index >= 15 is 0 Å². The molecule has 1 aromatic rings. The quantitative estimate of drug-likeness (QED) is 0.769. The number of aryl methyl sites for hydroxylation is 1. The Kier molecular flexibility index (Phi) is 6.01. The number of carbonyl (C=O) groups is 1. The fraction of sp³-hybridized carbons (Fsp3) is 0.600. The predicted molar refractivity (Wildman–Crippen MR) is 95.1 cm³/mol. The lowest BCUT2D eigenvalue weighted by atomic mass is 9.94. The van der Waals surface area contributed by atoms with E-state index in [1.54, 1.807) is 0 Å². The Morgan fingerprint density at radius 2 is 2.00 bits per heavy atom. The van der Waals surface area contributed by atoms with Crippen molar-refractivity contribution in [2.75, 3.05) is 6.54 Å². The maximum atomic E-state index is 12.3. The Bertz CT molecular complexity index is 598. The van der Waals surface area contributed by atoms with Crippen LogP contribution in [0.15, 0.2) is 24.3 Å². The van der Waals surface area contributed by atoms with Crippen molar-refractivity contribution in [1.29, 1.82) is 5.26 Å². The first-order valence-corrected chi connectivity index (χ1v) is 9.04.